The summed E-state index contributed by atoms with van der Waals surface area (Å²) in [4.78, 5) is 2.33. The Bertz CT molecular complexity index is 435. The van der Waals surface area contributed by atoms with Crippen LogP contribution in [0.1, 0.15) is 38.3 Å². The van der Waals surface area contributed by atoms with Crippen LogP contribution >= 0.6 is 11.6 Å². The summed E-state index contributed by atoms with van der Waals surface area (Å²) in [6.07, 6.45) is 2.76. The van der Waals surface area contributed by atoms with Crippen molar-refractivity contribution in [1.82, 2.24) is 10.2 Å². The van der Waals surface area contributed by atoms with E-state index < -0.39 is 0 Å². The van der Waals surface area contributed by atoms with Crippen LogP contribution in [0, 0.1) is 0 Å². The van der Waals surface area contributed by atoms with Gasteiger partial charge in [0, 0.05) is 36.8 Å². The highest BCUT2D eigenvalue weighted by atomic mass is 35.5. The molecule has 4 heteroatoms. The van der Waals surface area contributed by atoms with Crippen LogP contribution in [0.5, 0.6) is 0 Å². The van der Waals surface area contributed by atoms with Crippen LogP contribution in [0.4, 0.5) is 0 Å². The minimum absolute atomic E-state index is 0.318. The zero-order valence-corrected chi connectivity index (χ0v) is 14.1. The standard InChI is InChI=1S/C17H27ClN2O/c1-13(17-9-6-12-21-17)19-10-11-20(3)14(2)15-7-4-5-8-16(15)18/h4-5,7-8,13-14,17,19H,6,9-12H2,1-3H3. The molecule has 2 rings (SSSR count). The Balaban J connectivity index is 1.76. The number of rotatable bonds is 7. The van der Waals surface area contributed by atoms with Crippen molar-refractivity contribution in [2.75, 3.05) is 26.7 Å². The summed E-state index contributed by atoms with van der Waals surface area (Å²) in [6, 6.07) is 8.83. The van der Waals surface area contributed by atoms with Gasteiger partial charge in [0.05, 0.1) is 6.10 Å². The summed E-state index contributed by atoms with van der Waals surface area (Å²) >= 11 is 6.27. The predicted octanol–water partition coefficient (Wildman–Crippen LogP) is 3.49. The molecule has 1 aliphatic rings. The molecule has 21 heavy (non-hydrogen) atoms. The molecule has 1 heterocycles. The van der Waals surface area contributed by atoms with Crippen LogP contribution in [0.2, 0.25) is 5.02 Å². The topological polar surface area (TPSA) is 24.5 Å². The molecule has 1 aromatic carbocycles. The summed E-state index contributed by atoms with van der Waals surface area (Å²) in [7, 11) is 2.15. The number of hydrogen-bond acceptors (Lipinski definition) is 3. The normalized spacial score (nSPS) is 21.7. The van der Waals surface area contributed by atoms with Crippen molar-refractivity contribution in [2.45, 2.75) is 44.9 Å². The Morgan fingerprint density at radius 3 is 2.81 bits per heavy atom. The van der Waals surface area contributed by atoms with E-state index in [9.17, 15) is 0 Å². The highest BCUT2D eigenvalue weighted by Gasteiger charge is 2.22. The van der Waals surface area contributed by atoms with Crippen molar-refractivity contribution < 1.29 is 4.74 Å². The fraction of sp³-hybridized carbons (Fsp3) is 0.647. The van der Waals surface area contributed by atoms with E-state index in [0.717, 1.165) is 24.7 Å². The van der Waals surface area contributed by atoms with Gasteiger partial charge in [-0.1, -0.05) is 29.8 Å². The maximum atomic E-state index is 6.27. The van der Waals surface area contributed by atoms with E-state index in [1.54, 1.807) is 0 Å². The molecule has 0 radical (unpaired) electrons. The average Bonchev–Trinajstić information content (AvgIpc) is 3.01. The van der Waals surface area contributed by atoms with Gasteiger partial charge < -0.3 is 10.1 Å². The van der Waals surface area contributed by atoms with Gasteiger partial charge in [-0.2, -0.15) is 0 Å². The maximum absolute atomic E-state index is 6.27. The second-order valence-corrected chi connectivity index (χ2v) is 6.38. The van der Waals surface area contributed by atoms with E-state index in [2.05, 4.69) is 37.2 Å². The van der Waals surface area contributed by atoms with Crippen molar-refractivity contribution in [2.24, 2.45) is 0 Å². The van der Waals surface area contributed by atoms with Gasteiger partial charge in [-0.25, -0.2) is 0 Å². The minimum Gasteiger partial charge on any atom is -0.377 e. The third kappa shape index (κ3) is 4.68. The van der Waals surface area contributed by atoms with Gasteiger partial charge in [0.25, 0.3) is 0 Å². The number of benzene rings is 1. The van der Waals surface area contributed by atoms with Gasteiger partial charge in [-0.3, -0.25) is 4.90 Å². The molecule has 0 aromatic heterocycles. The summed E-state index contributed by atoms with van der Waals surface area (Å²) in [5, 5.41) is 4.42. The first-order valence-corrected chi connectivity index (χ1v) is 8.27. The second kappa shape index (κ2) is 8.14. The molecule has 1 N–H and O–H groups in total. The minimum atomic E-state index is 0.318. The highest BCUT2D eigenvalue weighted by molar-refractivity contribution is 6.31. The number of likely N-dealkylation sites (N-methyl/N-ethyl adjacent to an activating group) is 1. The number of nitrogens with zero attached hydrogens (tertiary/aromatic N) is 1. The molecule has 1 saturated heterocycles. The lowest BCUT2D eigenvalue weighted by molar-refractivity contribution is 0.0825. The van der Waals surface area contributed by atoms with Crippen molar-refractivity contribution >= 4 is 11.6 Å². The first-order valence-electron chi connectivity index (χ1n) is 7.89. The van der Waals surface area contributed by atoms with E-state index in [0.29, 0.717) is 18.2 Å². The lowest BCUT2D eigenvalue weighted by Crippen LogP contribution is -2.41. The van der Waals surface area contributed by atoms with E-state index in [1.807, 2.05) is 18.2 Å². The Kier molecular flexibility index (Phi) is 6.49. The van der Waals surface area contributed by atoms with Crippen LogP contribution < -0.4 is 5.32 Å². The second-order valence-electron chi connectivity index (χ2n) is 5.97. The van der Waals surface area contributed by atoms with Crippen molar-refractivity contribution in [1.29, 1.82) is 0 Å². The predicted molar refractivity (Wildman–Crippen MR) is 88.9 cm³/mol. The Morgan fingerprint density at radius 2 is 2.14 bits per heavy atom. The Morgan fingerprint density at radius 1 is 1.38 bits per heavy atom. The first-order chi connectivity index (χ1) is 10.1. The SMILES string of the molecule is CC(NCCN(C)C(C)c1ccccc1Cl)C1CCCO1. The summed E-state index contributed by atoms with van der Waals surface area (Å²) in [5.41, 5.74) is 1.19. The van der Waals surface area contributed by atoms with Gasteiger partial charge in [-0.05, 0) is 45.4 Å². The lowest BCUT2D eigenvalue weighted by Gasteiger charge is -2.27. The molecule has 1 aromatic rings. The average molecular weight is 311 g/mol. The summed E-state index contributed by atoms with van der Waals surface area (Å²) < 4.78 is 5.71. The zero-order chi connectivity index (χ0) is 15.2. The van der Waals surface area contributed by atoms with E-state index in [4.69, 9.17) is 16.3 Å². The smallest absolute Gasteiger partial charge is 0.0726 e. The molecule has 0 amide bonds. The van der Waals surface area contributed by atoms with Crippen molar-refractivity contribution in [3.05, 3.63) is 34.9 Å². The van der Waals surface area contributed by atoms with Gasteiger partial charge in [-0.15, -0.1) is 0 Å². The van der Waals surface area contributed by atoms with Crippen molar-refractivity contribution in [3.8, 4) is 0 Å². The van der Waals surface area contributed by atoms with Crippen LogP contribution in [0.3, 0.4) is 0 Å². The largest absolute Gasteiger partial charge is 0.377 e. The van der Waals surface area contributed by atoms with Gasteiger partial charge in [0.2, 0.25) is 0 Å². The summed E-state index contributed by atoms with van der Waals surface area (Å²) in [6.45, 7) is 7.29. The lowest BCUT2D eigenvalue weighted by atomic mass is 10.1. The van der Waals surface area contributed by atoms with E-state index >= 15 is 0 Å². The number of ether oxygens (including phenoxy) is 1. The fourth-order valence-corrected chi connectivity index (χ4v) is 3.14. The maximum Gasteiger partial charge on any atom is 0.0726 e. The molecule has 1 aliphatic heterocycles. The van der Waals surface area contributed by atoms with E-state index in [-0.39, 0.29) is 0 Å². The van der Waals surface area contributed by atoms with Crippen LogP contribution in [-0.2, 0) is 4.74 Å². The summed E-state index contributed by atoms with van der Waals surface area (Å²) in [5.74, 6) is 0. The molecule has 0 aliphatic carbocycles. The zero-order valence-electron chi connectivity index (χ0n) is 13.3. The number of nitrogens with one attached hydrogen (secondary N) is 1. The Hall–Kier alpha value is -0.610. The van der Waals surface area contributed by atoms with E-state index in [1.165, 1.54) is 18.4 Å². The number of hydrogen-bond donors (Lipinski definition) is 1. The number of halogens is 1. The molecular formula is C17H27ClN2O. The fourth-order valence-electron chi connectivity index (χ4n) is 2.84. The van der Waals surface area contributed by atoms with Crippen LogP contribution in [0.15, 0.2) is 24.3 Å². The quantitative estimate of drug-likeness (QED) is 0.834. The Labute approximate surface area is 133 Å². The molecule has 0 saturated carbocycles. The van der Waals surface area contributed by atoms with Crippen LogP contribution in [0.25, 0.3) is 0 Å². The molecule has 0 spiro atoms. The molecular weight excluding hydrogens is 284 g/mol. The molecule has 0 bridgehead atoms. The molecule has 1 fully saturated rings. The van der Waals surface area contributed by atoms with Crippen LogP contribution in [-0.4, -0.2) is 43.8 Å². The van der Waals surface area contributed by atoms with Gasteiger partial charge >= 0.3 is 0 Å². The van der Waals surface area contributed by atoms with Gasteiger partial charge in [0.1, 0.15) is 0 Å². The molecule has 118 valence electrons. The molecule has 3 atom stereocenters. The highest BCUT2D eigenvalue weighted by Crippen LogP contribution is 2.25. The molecule has 3 nitrogen and oxygen atoms in total. The third-order valence-electron chi connectivity index (χ3n) is 4.47. The third-order valence-corrected chi connectivity index (χ3v) is 4.81. The molecule has 3 unspecified atom stereocenters. The van der Waals surface area contributed by atoms with Gasteiger partial charge in [0.15, 0.2) is 0 Å². The monoisotopic (exact) mass is 310 g/mol. The first kappa shape index (κ1) is 16.8. The van der Waals surface area contributed by atoms with Crippen molar-refractivity contribution in [3.63, 3.8) is 0 Å².